The van der Waals surface area contributed by atoms with E-state index in [4.69, 9.17) is 10.00 Å². The highest BCUT2D eigenvalue weighted by Gasteiger charge is 2.11. The number of hydrogen-bond acceptors (Lipinski definition) is 4. The normalized spacial score (nSPS) is 9.91. The minimum atomic E-state index is -0.578. The molecular formula is C19H17NO3. The van der Waals surface area contributed by atoms with Gasteiger partial charge in [-0.25, -0.2) is 4.79 Å². The van der Waals surface area contributed by atoms with Gasteiger partial charge in [0.1, 0.15) is 0 Å². The lowest BCUT2D eigenvalue weighted by Gasteiger charge is -2.05. The van der Waals surface area contributed by atoms with Crippen LogP contribution in [-0.2, 0) is 11.2 Å². The smallest absolute Gasteiger partial charge is 0.338 e. The minimum absolute atomic E-state index is 0.241. The number of benzene rings is 2. The number of hydrogen-bond donors (Lipinski definition) is 0. The van der Waals surface area contributed by atoms with Crippen molar-refractivity contribution in [2.75, 3.05) is 6.61 Å². The molecule has 2 aromatic rings. The maximum Gasteiger partial charge on any atom is 0.338 e. The Labute approximate surface area is 135 Å². The minimum Gasteiger partial charge on any atom is -0.454 e. The van der Waals surface area contributed by atoms with Crippen molar-refractivity contribution in [3.63, 3.8) is 0 Å². The summed E-state index contributed by atoms with van der Waals surface area (Å²) in [5.74, 6) is -0.819. The number of carbonyl (C=O) groups excluding carboxylic acids is 2. The summed E-state index contributed by atoms with van der Waals surface area (Å²) in [6, 6.07) is 15.4. The number of aryl methyl sites for hydroxylation is 1. The largest absolute Gasteiger partial charge is 0.454 e. The predicted molar refractivity (Wildman–Crippen MR) is 86.2 cm³/mol. The van der Waals surface area contributed by atoms with Gasteiger partial charge in [-0.2, -0.15) is 5.26 Å². The third-order valence-electron chi connectivity index (χ3n) is 3.40. The highest BCUT2D eigenvalue weighted by atomic mass is 16.5. The molecule has 4 heteroatoms. The molecule has 0 spiro atoms. The molecule has 0 aromatic heterocycles. The molecule has 23 heavy (non-hydrogen) atoms. The van der Waals surface area contributed by atoms with Gasteiger partial charge in [-0.15, -0.1) is 0 Å². The molecule has 4 nitrogen and oxygen atoms in total. The number of ketones is 1. The molecule has 0 radical (unpaired) electrons. The molecule has 2 aromatic carbocycles. The van der Waals surface area contributed by atoms with Gasteiger partial charge in [-0.1, -0.05) is 37.6 Å². The van der Waals surface area contributed by atoms with E-state index in [-0.39, 0.29) is 12.4 Å². The van der Waals surface area contributed by atoms with E-state index < -0.39 is 5.97 Å². The summed E-state index contributed by atoms with van der Waals surface area (Å²) in [5, 5.41) is 8.71. The maximum absolute atomic E-state index is 12.0. The van der Waals surface area contributed by atoms with Crippen LogP contribution in [0.5, 0.6) is 0 Å². The van der Waals surface area contributed by atoms with Crippen molar-refractivity contribution in [1.29, 1.82) is 5.26 Å². The zero-order valence-electron chi connectivity index (χ0n) is 12.9. The van der Waals surface area contributed by atoms with Gasteiger partial charge in [-0.05, 0) is 36.2 Å². The first-order valence-electron chi connectivity index (χ1n) is 7.43. The van der Waals surface area contributed by atoms with Gasteiger partial charge >= 0.3 is 5.97 Å². The SMILES string of the molecule is CCCc1ccc(C(=O)COC(=O)c2ccc(C#N)cc2)cc1. The van der Waals surface area contributed by atoms with Crippen LogP contribution in [0.25, 0.3) is 0 Å². The Morgan fingerprint density at radius 2 is 1.61 bits per heavy atom. The number of nitriles is 1. The second kappa shape index (κ2) is 7.90. The van der Waals surface area contributed by atoms with Crippen LogP contribution in [0.1, 0.15) is 45.2 Å². The molecule has 0 amide bonds. The quantitative estimate of drug-likeness (QED) is 0.604. The Balaban J connectivity index is 1.92. The van der Waals surface area contributed by atoms with Gasteiger partial charge in [0.2, 0.25) is 0 Å². The summed E-state index contributed by atoms with van der Waals surface area (Å²) in [4.78, 5) is 23.9. The van der Waals surface area contributed by atoms with Crippen molar-refractivity contribution in [2.24, 2.45) is 0 Å². The van der Waals surface area contributed by atoms with E-state index in [0.29, 0.717) is 16.7 Å². The van der Waals surface area contributed by atoms with Gasteiger partial charge in [0.05, 0.1) is 17.2 Å². The van der Waals surface area contributed by atoms with Gasteiger partial charge in [0.25, 0.3) is 0 Å². The summed E-state index contributed by atoms with van der Waals surface area (Å²) >= 11 is 0. The molecule has 0 heterocycles. The second-order valence-corrected chi connectivity index (χ2v) is 5.14. The van der Waals surface area contributed by atoms with Gasteiger partial charge in [-0.3, -0.25) is 4.79 Å². The van der Waals surface area contributed by atoms with Crippen molar-refractivity contribution < 1.29 is 14.3 Å². The van der Waals surface area contributed by atoms with Crippen LogP contribution in [0.2, 0.25) is 0 Å². The summed E-state index contributed by atoms with van der Waals surface area (Å²) in [6.45, 7) is 1.80. The molecule has 0 aliphatic carbocycles. The van der Waals surface area contributed by atoms with Gasteiger partial charge < -0.3 is 4.74 Å². The molecular weight excluding hydrogens is 290 g/mol. The first kappa shape index (κ1) is 16.4. The molecule has 0 fully saturated rings. The fourth-order valence-electron chi connectivity index (χ4n) is 2.12. The Kier molecular flexibility index (Phi) is 5.65. The fourth-order valence-corrected chi connectivity index (χ4v) is 2.12. The second-order valence-electron chi connectivity index (χ2n) is 5.14. The zero-order chi connectivity index (χ0) is 16.7. The van der Waals surface area contributed by atoms with Gasteiger partial charge in [0, 0.05) is 5.56 Å². The number of Topliss-reactive ketones (excluding diaryl/α,β-unsaturated/α-hetero) is 1. The van der Waals surface area contributed by atoms with Crippen molar-refractivity contribution in [2.45, 2.75) is 19.8 Å². The van der Waals surface area contributed by atoms with E-state index in [0.717, 1.165) is 12.8 Å². The molecule has 0 aliphatic heterocycles. The van der Waals surface area contributed by atoms with E-state index in [2.05, 4.69) is 6.92 Å². The maximum atomic E-state index is 12.0. The van der Waals surface area contributed by atoms with Crippen LogP contribution < -0.4 is 0 Å². The molecule has 2 rings (SSSR count). The molecule has 0 saturated heterocycles. The van der Waals surface area contributed by atoms with Gasteiger partial charge in [0.15, 0.2) is 12.4 Å². The average Bonchev–Trinajstić information content (AvgIpc) is 2.60. The third kappa shape index (κ3) is 4.52. The van der Waals surface area contributed by atoms with E-state index in [1.165, 1.54) is 29.8 Å². The molecule has 0 saturated carbocycles. The molecule has 0 bridgehead atoms. The molecule has 0 N–H and O–H groups in total. The first-order valence-corrected chi connectivity index (χ1v) is 7.43. The number of ether oxygens (including phenoxy) is 1. The standard InChI is InChI=1S/C19H17NO3/c1-2-3-14-4-8-16(9-5-14)18(21)13-23-19(22)17-10-6-15(12-20)7-11-17/h4-11H,2-3,13H2,1H3. The van der Waals surface area contributed by atoms with Crippen molar-refractivity contribution >= 4 is 11.8 Å². The van der Waals surface area contributed by atoms with Crippen molar-refractivity contribution in [3.05, 3.63) is 70.8 Å². The summed E-state index contributed by atoms with van der Waals surface area (Å²) in [6.07, 6.45) is 2.03. The summed E-state index contributed by atoms with van der Waals surface area (Å²) in [5.41, 5.74) is 2.48. The average molecular weight is 307 g/mol. The van der Waals surface area contributed by atoms with Crippen LogP contribution in [-0.4, -0.2) is 18.4 Å². The summed E-state index contributed by atoms with van der Waals surface area (Å²) < 4.78 is 5.02. The van der Waals surface area contributed by atoms with Crippen LogP contribution in [0.4, 0.5) is 0 Å². The number of rotatable bonds is 6. The molecule has 0 atom stereocenters. The Hall–Kier alpha value is -2.93. The number of nitrogens with zero attached hydrogens (tertiary/aromatic N) is 1. The Bertz CT molecular complexity index is 725. The predicted octanol–water partition coefficient (Wildman–Crippen LogP) is 3.55. The highest BCUT2D eigenvalue weighted by Crippen LogP contribution is 2.09. The monoisotopic (exact) mass is 307 g/mol. The lowest BCUT2D eigenvalue weighted by atomic mass is 10.1. The van der Waals surface area contributed by atoms with E-state index in [9.17, 15) is 9.59 Å². The molecule has 0 aliphatic rings. The zero-order valence-corrected chi connectivity index (χ0v) is 12.9. The molecule has 116 valence electrons. The lowest BCUT2D eigenvalue weighted by molar-refractivity contribution is 0.0475. The number of esters is 1. The highest BCUT2D eigenvalue weighted by molar-refractivity contribution is 5.99. The summed E-state index contributed by atoms with van der Waals surface area (Å²) in [7, 11) is 0. The topological polar surface area (TPSA) is 67.2 Å². The van der Waals surface area contributed by atoms with Crippen LogP contribution in [0.3, 0.4) is 0 Å². The van der Waals surface area contributed by atoms with Crippen LogP contribution >= 0.6 is 0 Å². The number of carbonyl (C=O) groups is 2. The Morgan fingerprint density at radius 3 is 2.17 bits per heavy atom. The van der Waals surface area contributed by atoms with E-state index in [1.807, 2.05) is 18.2 Å². The third-order valence-corrected chi connectivity index (χ3v) is 3.40. The van der Waals surface area contributed by atoms with Crippen LogP contribution in [0, 0.1) is 11.3 Å². The lowest BCUT2D eigenvalue weighted by Crippen LogP contribution is -2.14. The fraction of sp³-hybridized carbons (Fsp3) is 0.211. The van der Waals surface area contributed by atoms with Crippen LogP contribution in [0.15, 0.2) is 48.5 Å². The van der Waals surface area contributed by atoms with Crippen molar-refractivity contribution in [3.8, 4) is 6.07 Å². The van der Waals surface area contributed by atoms with E-state index in [1.54, 1.807) is 12.1 Å². The molecule has 0 unspecified atom stereocenters. The van der Waals surface area contributed by atoms with E-state index >= 15 is 0 Å². The van der Waals surface area contributed by atoms with Crippen molar-refractivity contribution in [1.82, 2.24) is 0 Å². The Morgan fingerprint density at radius 1 is 1.00 bits per heavy atom. The first-order chi connectivity index (χ1) is 11.1.